The van der Waals surface area contributed by atoms with E-state index in [1.807, 2.05) is 30.3 Å². The summed E-state index contributed by atoms with van der Waals surface area (Å²) in [6.07, 6.45) is -4.71. The fourth-order valence-electron chi connectivity index (χ4n) is 3.08. The fourth-order valence-corrected chi connectivity index (χ4v) is 3.08. The number of alkyl halides is 3. The first-order chi connectivity index (χ1) is 12.8. The number of hydrogen-bond donors (Lipinski definition) is 0. The summed E-state index contributed by atoms with van der Waals surface area (Å²) in [6, 6.07) is 13.3. The summed E-state index contributed by atoms with van der Waals surface area (Å²) in [5, 5.41) is 0. The Labute approximate surface area is 154 Å². The van der Waals surface area contributed by atoms with Gasteiger partial charge in [0.2, 0.25) is 5.91 Å². The van der Waals surface area contributed by atoms with Crippen molar-refractivity contribution >= 4 is 12.0 Å². The Balaban J connectivity index is 1.77. The van der Waals surface area contributed by atoms with Crippen LogP contribution in [0.15, 0.2) is 54.6 Å². The number of halogens is 3. The molecule has 0 radical (unpaired) electrons. The minimum atomic E-state index is -4.44. The summed E-state index contributed by atoms with van der Waals surface area (Å²) in [7, 11) is 0. The molecule has 1 aliphatic rings. The van der Waals surface area contributed by atoms with Crippen molar-refractivity contribution < 1.29 is 27.5 Å². The molecule has 7 heteroatoms. The number of carbonyl (C=O) groups excluding carboxylic acids is 2. The van der Waals surface area contributed by atoms with Crippen molar-refractivity contribution in [2.24, 2.45) is 0 Å². The van der Waals surface area contributed by atoms with Crippen molar-refractivity contribution in [2.45, 2.75) is 31.5 Å². The summed E-state index contributed by atoms with van der Waals surface area (Å²) in [4.78, 5) is 26.0. The van der Waals surface area contributed by atoms with Crippen LogP contribution in [0.3, 0.4) is 0 Å². The Kier molecular flexibility index (Phi) is 5.21. The smallest absolute Gasteiger partial charge is 0.417 e. The highest BCUT2D eigenvalue weighted by molar-refractivity contribution is 5.97. The summed E-state index contributed by atoms with van der Waals surface area (Å²) in [5.74, 6) is -1.26. The summed E-state index contributed by atoms with van der Waals surface area (Å²) >= 11 is 0. The number of imide groups is 1. The van der Waals surface area contributed by atoms with Gasteiger partial charge in [-0.15, -0.1) is 0 Å². The van der Waals surface area contributed by atoms with E-state index in [1.165, 1.54) is 12.1 Å². The van der Waals surface area contributed by atoms with Crippen LogP contribution in [0, 0.1) is 0 Å². The van der Waals surface area contributed by atoms with Crippen molar-refractivity contribution in [3.8, 4) is 0 Å². The van der Waals surface area contributed by atoms with E-state index in [2.05, 4.69) is 0 Å². The van der Waals surface area contributed by atoms with Gasteiger partial charge in [-0.2, -0.15) is 13.2 Å². The quantitative estimate of drug-likeness (QED) is 0.794. The Morgan fingerprint density at radius 1 is 1.15 bits per heavy atom. The molecule has 0 unspecified atom stereocenters. The molecule has 142 valence electrons. The molecule has 0 aromatic heterocycles. The Bertz CT molecular complexity index is 819. The number of carbonyl (C=O) groups is 2. The maximum atomic E-state index is 12.8. The Morgan fingerprint density at radius 2 is 1.78 bits per heavy atom. The van der Waals surface area contributed by atoms with E-state index in [1.54, 1.807) is 6.92 Å². The first-order valence-electron chi connectivity index (χ1n) is 8.48. The van der Waals surface area contributed by atoms with Crippen molar-refractivity contribution in [1.82, 2.24) is 4.90 Å². The lowest BCUT2D eigenvalue weighted by molar-refractivity contribution is -0.137. The molecule has 0 aliphatic carbocycles. The molecule has 2 aromatic rings. The topological polar surface area (TPSA) is 46.6 Å². The van der Waals surface area contributed by atoms with Crippen molar-refractivity contribution in [3.63, 3.8) is 0 Å². The van der Waals surface area contributed by atoms with Gasteiger partial charge in [-0.1, -0.05) is 42.5 Å². The molecule has 0 spiro atoms. The zero-order chi connectivity index (χ0) is 19.6. The van der Waals surface area contributed by atoms with E-state index in [0.29, 0.717) is 12.0 Å². The van der Waals surface area contributed by atoms with Gasteiger partial charge in [-0.05, 0) is 36.6 Å². The molecule has 3 rings (SSSR count). The van der Waals surface area contributed by atoms with E-state index in [-0.39, 0.29) is 6.61 Å². The van der Waals surface area contributed by atoms with Crippen molar-refractivity contribution in [1.29, 1.82) is 0 Å². The third-order valence-corrected chi connectivity index (χ3v) is 4.62. The largest absolute Gasteiger partial charge is 0.447 e. The van der Waals surface area contributed by atoms with E-state index >= 15 is 0 Å². The number of ether oxygens (including phenoxy) is 1. The maximum absolute atomic E-state index is 12.8. The lowest BCUT2D eigenvalue weighted by Gasteiger charge is -2.23. The second-order valence-corrected chi connectivity index (χ2v) is 6.47. The summed E-state index contributed by atoms with van der Waals surface area (Å²) in [6.45, 7) is 1.66. The van der Waals surface area contributed by atoms with Crippen LogP contribution in [-0.2, 0) is 22.1 Å². The zero-order valence-corrected chi connectivity index (χ0v) is 14.6. The molecule has 27 heavy (non-hydrogen) atoms. The average Bonchev–Trinajstić information content (AvgIpc) is 3.01. The first kappa shape index (κ1) is 18.9. The highest BCUT2D eigenvalue weighted by Gasteiger charge is 2.40. The molecule has 1 saturated heterocycles. The average molecular weight is 377 g/mol. The van der Waals surface area contributed by atoms with Crippen LogP contribution >= 0.6 is 0 Å². The van der Waals surface area contributed by atoms with Gasteiger partial charge in [0.1, 0.15) is 6.61 Å². The molecule has 0 N–H and O–H groups in total. The monoisotopic (exact) mass is 377 g/mol. The minimum absolute atomic E-state index is 0.0964. The fraction of sp³-hybridized carbons (Fsp3) is 0.300. The van der Waals surface area contributed by atoms with Crippen LogP contribution in [0.2, 0.25) is 0 Å². The number of cyclic esters (lactones) is 1. The molecular formula is C20H18F3NO3. The van der Waals surface area contributed by atoms with Crippen LogP contribution in [0.5, 0.6) is 0 Å². The summed E-state index contributed by atoms with van der Waals surface area (Å²) < 4.78 is 43.1. The number of nitrogens with zero attached hydrogens (tertiary/aromatic N) is 1. The first-order valence-corrected chi connectivity index (χ1v) is 8.48. The Morgan fingerprint density at radius 3 is 2.37 bits per heavy atom. The summed E-state index contributed by atoms with van der Waals surface area (Å²) in [5.41, 5.74) is 0.584. The molecule has 0 saturated carbocycles. The second kappa shape index (κ2) is 7.42. The van der Waals surface area contributed by atoms with Crippen molar-refractivity contribution in [2.75, 3.05) is 6.61 Å². The van der Waals surface area contributed by atoms with Crippen LogP contribution < -0.4 is 0 Å². The number of amides is 2. The van der Waals surface area contributed by atoms with Crippen molar-refractivity contribution in [3.05, 3.63) is 71.3 Å². The number of benzene rings is 2. The number of hydrogen-bond acceptors (Lipinski definition) is 3. The number of rotatable bonds is 4. The lowest BCUT2D eigenvalue weighted by atomic mass is 9.97. The van der Waals surface area contributed by atoms with Crippen LogP contribution in [0.25, 0.3) is 0 Å². The van der Waals surface area contributed by atoms with Gasteiger partial charge in [0.05, 0.1) is 17.5 Å². The van der Waals surface area contributed by atoms with E-state index in [9.17, 15) is 22.8 Å². The molecule has 0 bridgehead atoms. The third kappa shape index (κ3) is 4.13. The highest BCUT2D eigenvalue weighted by atomic mass is 19.4. The van der Waals surface area contributed by atoms with E-state index in [4.69, 9.17) is 4.74 Å². The molecule has 2 atom stereocenters. The molecule has 1 heterocycles. The minimum Gasteiger partial charge on any atom is -0.447 e. The maximum Gasteiger partial charge on any atom is 0.417 e. The highest BCUT2D eigenvalue weighted by Crippen LogP contribution is 2.31. The van der Waals surface area contributed by atoms with E-state index in [0.717, 1.165) is 22.6 Å². The normalized spacial score (nSPS) is 18.3. The van der Waals surface area contributed by atoms with Gasteiger partial charge < -0.3 is 4.74 Å². The predicted octanol–water partition coefficient (Wildman–Crippen LogP) is 4.40. The molecule has 4 nitrogen and oxygen atoms in total. The second-order valence-electron chi connectivity index (χ2n) is 6.47. The van der Waals surface area contributed by atoms with Crippen LogP contribution in [0.4, 0.5) is 18.0 Å². The van der Waals surface area contributed by atoms with Gasteiger partial charge in [0, 0.05) is 0 Å². The molecular weight excluding hydrogens is 359 g/mol. The van der Waals surface area contributed by atoms with Gasteiger partial charge in [0.25, 0.3) is 0 Å². The van der Waals surface area contributed by atoms with Crippen LogP contribution in [-0.4, -0.2) is 29.5 Å². The SMILES string of the molecule is C[C@H](C(=O)N1C(=O)OC[C@@H]1Cc1ccccc1)c1ccc(C(F)(F)F)cc1. The molecule has 2 aromatic carbocycles. The third-order valence-electron chi connectivity index (χ3n) is 4.62. The van der Waals surface area contributed by atoms with Crippen LogP contribution in [0.1, 0.15) is 29.5 Å². The zero-order valence-electron chi connectivity index (χ0n) is 14.6. The predicted molar refractivity (Wildman–Crippen MR) is 92.0 cm³/mol. The Hall–Kier alpha value is -2.83. The molecule has 1 aliphatic heterocycles. The van der Waals surface area contributed by atoms with Gasteiger partial charge in [0.15, 0.2) is 0 Å². The molecule has 1 fully saturated rings. The lowest BCUT2D eigenvalue weighted by Crippen LogP contribution is -2.42. The molecule has 2 amide bonds. The van der Waals surface area contributed by atoms with Gasteiger partial charge in [-0.3, -0.25) is 4.79 Å². The standard InChI is InChI=1S/C20H18F3NO3/c1-13(15-7-9-16(10-8-15)20(21,22)23)18(25)24-17(12-27-19(24)26)11-14-5-3-2-4-6-14/h2-10,13,17H,11-12H2,1H3/t13-,17-/m0/s1. The van der Waals surface area contributed by atoms with E-state index < -0.39 is 35.7 Å². The van der Waals surface area contributed by atoms with Gasteiger partial charge in [-0.25, -0.2) is 9.69 Å². The van der Waals surface area contributed by atoms with Gasteiger partial charge >= 0.3 is 12.3 Å².